The first-order chi connectivity index (χ1) is 10.6. The van der Waals surface area contributed by atoms with E-state index in [0.29, 0.717) is 24.1 Å². The average Bonchev–Trinajstić information content (AvgIpc) is 3.14. The van der Waals surface area contributed by atoms with E-state index in [4.69, 9.17) is 16.1 Å². The molecule has 1 atom stereocenters. The lowest BCUT2D eigenvalue weighted by atomic mass is 10.1. The van der Waals surface area contributed by atoms with Gasteiger partial charge in [0.1, 0.15) is 0 Å². The third-order valence-electron chi connectivity index (χ3n) is 4.71. The van der Waals surface area contributed by atoms with Crippen LogP contribution in [-0.4, -0.2) is 66.2 Å². The molecule has 1 unspecified atom stereocenters. The van der Waals surface area contributed by atoms with Gasteiger partial charge in [-0.05, 0) is 31.4 Å². The largest absolute Gasteiger partial charge is 0.344 e. The van der Waals surface area contributed by atoms with Gasteiger partial charge >= 0.3 is 0 Å². The normalized spacial score (nSPS) is 23.2. The monoisotopic (exact) mass is 326 g/mol. The summed E-state index contributed by atoms with van der Waals surface area (Å²) < 4.78 is 4.93. The molecule has 1 amide bonds. The molecule has 2 aliphatic heterocycles. The summed E-state index contributed by atoms with van der Waals surface area (Å²) in [7, 11) is 0. The van der Waals surface area contributed by atoms with Gasteiger partial charge in [0.2, 0.25) is 11.1 Å². The van der Waals surface area contributed by atoms with Crippen molar-refractivity contribution in [2.24, 2.45) is 0 Å². The summed E-state index contributed by atoms with van der Waals surface area (Å²) in [6, 6.07) is 0.520. The highest BCUT2D eigenvalue weighted by Crippen LogP contribution is 2.22. The Balaban J connectivity index is 1.49. The summed E-state index contributed by atoms with van der Waals surface area (Å²) >= 11 is 5.95. The van der Waals surface area contributed by atoms with Crippen molar-refractivity contribution < 1.29 is 9.32 Å². The lowest BCUT2D eigenvalue weighted by molar-refractivity contribution is -0.130. The zero-order valence-electron chi connectivity index (χ0n) is 13.0. The number of nitrogens with zero attached hydrogens (tertiary/aromatic N) is 3. The number of nitrogens with one attached hydrogen (secondary N) is 1. The van der Waals surface area contributed by atoms with Gasteiger partial charge in [-0.25, -0.2) is 0 Å². The van der Waals surface area contributed by atoms with Gasteiger partial charge in [-0.2, -0.15) is 0 Å². The predicted molar refractivity (Wildman–Crippen MR) is 84.0 cm³/mol. The molecule has 0 saturated carbocycles. The highest BCUT2D eigenvalue weighted by Gasteiger charge is 2.30. The summed E-state index contributed by atoms with van der Waals surface area (Å²) in [4.78, 5) is 16.9. The molecule has 0 aliphatic carbocycles. The van der Waals surface area contributed by atoms with Crippen LogP contribution in [0.15, 0.2) is 4.52 Å². The number of amides is 1. The number of halogens is 1. The number of aryl methyl sites for hydroxylation is 1. The van der Waals surface area contributed by atoms with Gasteiger partial charge in [0, 0.05) is 57.3 Å². The summed E-state index contributed by atoms with van der Waals surface area (Å²) in [5.41, 5.74) is 1.63. The van der Waals surface area contributed by atoms with Crippen LogP contribution in [0.1, 0.15) is 24.1 Å². The molecule has 6 nitrogen and oxygen atoms in total. The third-order valence-corrected chi connectivity index (χ3v) is 5.01. The molecule has 0 aromatic carbocycles. The van der Waals surface area contributed by atoms with Gasteiger partial charge in [-0.3, -0.25) is 9.69 Å². The molecule has 1 aromatic rings. The van der Waals surface area contributed by atoms with Crippen LogP contribution in [0.3, 0.4) is 0 Å². The maximum Gasteiger partial charge on any atom is 0.229 e. The van der Waals surface area contributed by atoms with E-state index in [1.807, 2.05) is 11.8 Å². The lowest BCUT2D eigenvalue weighted by Gasteiger charge is -2.32. The molecule has 7 heteroatoms. The summed E-state index contributed by atoms with van der Waals surface area (Å²) in [6.07, 6.45) is 2.15. The molecular formula is C15H23ClN4O2. The van der Waals surface area contributed by atoms with Crippen molar-refractivity contribution in [3.8, 4) is 0 Å². The Labute approximate surface area is 135 Å². The maximum absolute atomic E-state index is 12.4. The molecule has 22 heavy (non-hydrogen) atoms. The Morgan fingerprint density at radius 3 is 2.86 bits per heavy atom. The number of aromatic nitrogens is 1. The van der Waals surface area contributed by atoms with E-state index in [0.717, 1.165) is 56.9 Å². The Kier molecular flexibility index (Phi) is 5.00. The lowest BCUT2D eigenvalue weighted by Crippen LogP contribution is -2.49. The summed E-state index contributed by atoms with van der Waals surface area (Å²) in [5.74, 6) is 0.203. The number of carbonyl (C=O) groups excluding carboxylic acids is 1. The Bertz CT molecular complexity index is 508. The quantitative estimate of drug-likeness (QED) is 0.897. The molecule has 0 bridgehead atoms. The van der Waals surface area contributed by atoms with Crippen LogP contribution < -0.4 is 5.32 Å². The van der Waals surface area contributed by atoms with Crippen LogP contribution in [0.4, 0.5) is 0 Å². The number of hydrogen-bond donors (Lipinski definition) is 1. The van der Waals surface area contributed by atoms with E-state index in [-0.39, 0.29) is 5.91 Å². The van der Waals surface area contributed by atoms with E-state index < -0.39 is 0 Å². The molecular weight excluding hydrogens is 304 g/mol. The van der Waals surface area contributed by atoms with Crippen LogP contribution in [0, 0.1) is 6.92 Å². The number of carbonyl (C=O) groups is 1. The number of hydrogen-bond acceptors (Lipinski definition) is 5. The molecule has 122 valence electrons. The maximum atomic E-state index is 12.4. The predicted octanol–water partition coefficient (Wildman–Crippen LogP) is 1.08. The van der Waals surface area contributed by atoms with Gasteiger partial charge in [0.25, 0.3) is 0 Å². The highest BCUT2D eigenvalue weighted by molar-refractivity contribution is 6.29. The van der Waals surface area contributed by atoms with Gasteiger partial charge in [0.15, 0.2) is 0 Å². The smallest absolute Gasteiger partial charge is 0.229 e. The van der Waals surface area contributed by atoms with E-state index in [2.05, 4.69) is 15.4 Å². The molecule has 1 aromatic heterocycles. The summed E-state index contributed by atoms with van der Waals surface area (Å²) in [5, 5.41) is 7.50. The van der Waals surface area contributed by atoms with E-state index in [1.54, 1.807) is 0 Å². The van der Waals surface area contributed by atoms with E-state index in [9.17, 15) is 4.79 Å². The van der Waals surface area contributed by atoms with Crippen LogP contribution in [0.5, 0.6) is 0 Å². The fraction of sp³-hybridized carbons (Fsp3) is 0.733. The number of likely N-dealkylation sites (tertiary alicyclic amines) is 1. The summed E-state index contributed by atoms with van der Waals surface area (Å²) in [6.45, 7) is 7.85. The average molecular weight is 327 g/mol. The first-order valence-corrected chi connectivity index (χ1v) is 8.36. The SMILES string of the molecule is Cc1noc(Cl)c1CCC(=O)N1CCC(N2CCNCC2)C1. The van der Waals surface area contributed by atoms with Crippen molar-refractivity contribution >= 4 is 17.5 Å². The molecule has 2 saturated heterocycles. The highest BCUT2D eigenvalue weighted by atomic mass is 35.5. The second-order valence-corrected chi connectivity index (χ2v) is 6.43. The molecule has 3 heterocycles. The first-order valence-electron chi connectivity index (χ1n) is 7.98. The van der Waals surface area contributed by atoms with Gasteiger partial charge in [-0.1, -0.05) is 5.16 Å². The Morgan fingerprint density at radius 1 is 1.41 bits per heavy atom. The molecule has 0 radical (unpaired) electrons. The number of rotatable bonds is 4. The van der Waals surface area contributed by atoms with Crippen molar-refractivity contribution in [3.05, 3.63) is 16.5 Å². The van der Waals surface area contributed by atoms with Crippen LogP contribution in [0.2, 0.25) is 5.22 Å². The molecule has 0 spiro atoms. The molecule has 2 aliphatic rings. The second kappa shape index (κ2) is 6.98. The van der Waals surface area contributed by atoms with E-state index >= 15 is 0 Å². The molecule has 1 N–H and O–H groups in total. The van der Waals surface area contributed by atoms with Crippen molar-refractivity contribution in [1.82, 2.24) is 20.3 Å². The zero-order chi connectivity index (χ0) is 15.5. The zero-order valence-corrected chi connectivity index (χ0v) is 13.7. The fourth-order valence-corrected chi connectivity index (χ4v) is 3.61. The van der Waals surface area contributed by atoms with Crippen molar-refractivity contribution in [2.75, 3.05) is 39.3 Å². The van der Waals surface area contributed by atoms with Crippen molar-refractivity contribution in [3.63, 3.8) is 0 Å². The Morgan fingerprint density at radius 2 is 2.18 bits per heavy atom. The van der Waals surface area contributed by atoms with Crippen LogP contribution in [-0.2, 0) is 11.2 Å². The van der Waals surface area contributed by atoms with Gasteiger partial charge in [0.05, 0.1) is 5.69 Å². The minimum atomic E-state index is 0.203. The molecule has 2 fully saturated rings. The minimum absolute atomic E-state index is 0.203. The first kappa shape index (κ1) is 15.8. The van der Waals surface area contributed by atoms with Gasteiger partial charge < -0.3 is 14.7 Å². The standard InChI is InChI=1S/C15H23ClN4O2/c1-11-13(15(16)22-18-11)2-3-14(21)20-7-4-12(10-20)19-8-5-17-6-9-19/h12,17H,2-10H2,1H3. The Hall–Kier alpha value is -1.11. The minimum Gasteiger partial charge on any atom is -0.344 e. The van der Waals surface area contributed by atoms with Crippen LogP contribution >= 0.6 is 11.6 Å². The topological polar surface area (TPSA) is 61.6 Å². The fourth-order valence-electron chi connectivity index (χ4n) is 3.34. The third kappa shape index (κ3) is 3.45. The van der Waals surface area contributed by atoms with Crippen molar-refractivity contribution in [1.29, 1.82) is 0 Å². The van der Waals surface area contributed by atoms with E-state index in [1.165, 1.54) is 0 Å². The number of piperazine rings is 1. The van der Waals surface area contributed by atoms with Gasteiger partial charge in [-0.15, -0.1) is 0 Å². The van der Waals surface area contributed by atoms with Crippen molar-refractivity contribution in [2.45, 2.75) is 32.2 Å². The molecule has 3 rings (SSSR count). The second-order valence-electron chi connectivity index (χ2n) is 6.09. The van der Waals surface area contributed by atoms with Crippen LogP contribution in [0.25, 0.3) is 0 Å².